The second-order valence-corrected chi connectivity index (χ2v) is 16.4. The number of methoxy groups -OCH3 is 1. The molecule has 1 N–H and O–H groups in total. The number of esters is 1. The molecule has 0 aromatic heterocycles. The van der Waals surface area contributed by atoms with E-state index in [2.05, 4.69) is 11.4 Å². The number of rotatable bonds is 10. The van der Waals surface area contributed by atoms with Gasteiger partial charge in [-0.3, -0.25) is 9.69 Å². The summed E-state index contributed by atoms with van der Waals surface area (Å²) in [6.07, 6.45) is -0.797. The SMILES string of the molecule is COC(=O)[C@H](Cc1ccc(-c2ccc(C#N)cc2)cc1)NC(=O)[C@@H]1Cc2cc3c(cc2CN1C(=O)OC(C)(C)C)O[C@H](c1ccc(OCc2ccc(Cl)c(Cl)c2)cc1)CO3. The summed E-state index contributed by atoms with van der Waals surface area (Å²) in [7, 11) is 1.26. The Balaban J connectivity index is 1.05. The summed E-state index contributed by atoms with van der Waals surface area (Å²) >= 11 is 12.2. The van der Waals surface area contributed by atoms with Crippen molar-refractivity contribution in [2.24, 2.45) is 0 Å². The highest BCUT2D eigenvalue weighted by Gasteiger charge is 2.40. The van der Waals surface area contributed by atoms with E-state index in [1.54, 1.807) is 45.0 Å². The molecule has 0 bridgehead atoms. The summed E-state index contributed by atoms with van der Waals surface area (Å²) < 4.78 is 29.5. The maximum atomic E-state index is 14.2. The molecule has 2 aliphatic rings. The highest BCUT2D eigenvalue weighted by molar-refractivity contribution is 6.42. The van der Waals surface area contributed by atoms with Crippen LogP contribution in [0.5, 0.6) is 17.2 Å². The minimum atomic E-state index is -1.04. The Morgan fingerprint density at radius 3 is 2.18 bits per heavy atom. The van der Waals surface area contributed by atoms with Gasteiger partial charge >= 0.3 is 12.1 Å². The second-order valence-electron chi connectivity index (χ2n) is 15.6. The number of halogens is 2. The number of ether oxygens (including phenoxy) is 5. The van der Waals surface area contributed by atoms with Crippen LogP contribution < -0.4 is 19.5 Å². The maximum Gasteiger partial charge on any atom is 0.411 e. The molecule has 0 radical (unpaired) electrons. The lowest BCUT2D eigenvalue weighted by Gasteiger charge is -2.38. The molecular weight excluding hydrogens is 805 g/mol. The first-order valence-electron chi connectivity index (χ1n) is 19.4. The van der Waals surface area contributed by atoms with E-state index in [0.29, 0.717) is 39.5 Å². The van der Waals surface area contributed by atoms with E-state index in [9.17, 15) is 14.4 Å². The lowest BCUT2D eigenvalue weighted by atomic mass is 9.92. The van der Waals surface area contributed by atoms with Gasteiger partial charge in [-0.1, -0.05) is 77.8 Å². The Morgan fingerprint density at radius 1 is 0.867 bits per heavy atom. The Kier molecular flexibility index (Phi) is 12.5. The molecule has 308 valence electrons. The summed E-state index contributed by atoms with van der Waals surface area (Å²) in [6, 6.07) is 31.5. The molecule has 0 aliphatic carbocycles. The number of benzene rings is 5. The molecule has 0 spiro atoms. The van der Waals surface area contributed by atoms with Gasteiger partial charge in [-0.25, -0.2) is 9.59 Å². The van der Waals surface area contributed by atoms with E-state index in [0.717, 1.165) is 38.9 Å². The summed E-state index contributed by atoms with van der Waals surface area (Å²) in [4.78, 5) is 42.4. The molecule has 11 nitrogen and oxygen atoms in total. The predicted octanol–water partition coefficient (Wildman–Crippen LogP) is 9.19. The average molecular weight is 849 g/mol. The van der Waals surface area contributed by atoms with E-state index in [-0.39, 0.29) is 26.0 Å². The quantitative estimate of drug-likeness (QED) is 0.137. The zero-order chi connectivity index (χ0) is 42.6. The zero-order valence-electron chi connectivity index (χ0n) is 33.5. The van der Waals surface area contributed by atoms with E-state index in [1.165, 1.54) is 12.0 Å². The molecule has 2 aliphatic heterocycles. The first kappa shape index (κ1) is 41.9. The lowest BCUT2D eigenvalue weighted by molar-refractivity contribution is -0.145. The molecule has 0 saturated carbocycles. The molecule has 2 amide bonds. The Labute approximate surface area is 358 Å². The average Bonchev–Trinajstić information content (AvgIpc) is 3.24. The number of carbonyl (C=O) groups is 3. The van der Waals surface area contributed by atoms with Crippen molar-refractivity contribution >= 4 is 41.2 Å². The van der Waals surface area contributed by atoms with Gasteiger partial charge in [-0.2, -0.15) is 5.26 Å². The molecule has 7 rings (SSSR count). The molecule has 0 unspecified atom stereocenters. The van der Waals surface area contributed by atoms with Crippen molar-refractivity contribution in [2.75, 3.05) is 13.7 Å². The number of fused-ring (bicyclic) bond motifs is 2. The fourth-order valence-corrected chi connectivity index (χ4v) is 7.37. The first-order chi connectivity index (χ1) is 28.8. The molecule has 5 aromatic carbocycles. The number of nitrogens with zero attached hydrogens (tertiary/aromatic N) is 2. The van der Waals surface area contributed by atoms with Gasteiger partial charge in [0.1, 0.15) is 36.6 Å². The fourth-order valence-electron chi connectivity index (χ4n) is 7.05. The van der Waals surface area contributed by atoms with Crippen molar-refractivity contribution in [3.63, 3.8) is 0 Å². The van der Waals surface area contributed by atoms with Gasteiger partial charge in [0.2, 0.25) is 5.91 Å². The maximum absolute atomic E-state index is 14.2. The van der Waals surface area contributed by atoms with E-state index in [1.807, 2.05) is 78.9 Å². The van der Waals surface area contributed by atoms with Crippen molar-refractivity contribution in [2.45, 2.75) is 70.6 Å². The zero-order valence-corrected chi connectivity index (χ0v) is 35.0. The van der Waals surface area contributed by atoms with Crippen LogP contribution in [-0.2, 0) is 45.1 Å². The third kappa shape index (κ3) is 9.96. The molecule has 5 aromatic rings. The van der Waals surface area contributed by atoms with Crippen molar-refractivity contribution in [1.82, 2.24) is 10.2 Å². The topological polar surface area (TPSA) is 136 Å². The molecule has 0 fully saturated rings. The third-order valence-electron chi connectivity index (χ3n) is 10.2. The summed E-state index contributed by atoms with van der Waals surface area (Å²) in [5.74, 6) is 0.542. The van der Waals surface area contributed by atoms with Crippen LogP contribution in [0.15, 0.2) is 103 Å². The van der Waals surface area contributed by atoms with Gasteiger partial charge in [0.05, 0.1) is 35.3 Å². The van der Waals surface area contributed by atoms with Crippen LogP contribution in [0, 0.1) is 11.3 Å². The van der Waals surface area contributed by atoms with Crippen LogP contribution in [-0.4, -0.2) is 54.3 Å². The van der Waals surface area contributed by atoms with Gasteiger partial charge in [0.15, 0.2) is 17.6 Å². The first-order valence-corrected chi connectivity index (χ1v) is 20.1. The number of hydrogen-bond acceptors (Lipinski definition) is 9. The molecular formula is C47H43Cl2N3O8. The van der Waals surface area contributed by atoms with Gasteiger partial charge < -0.3 is 29.0 Å². The van der Waals surface area contributed by atoms with Gasteiger partial charge in [-0.15, -0.1) is 0 Å². The van der Waals surface area contributed by atoms with E-state index >= 15 is 0 Å². The third-order valence-corrected chi connectivity index (χ3v) is 10.9. The van der Waals surface area contributed by atoms with Crippen molar-refractivity contribution in [1.29, 1.82) is 5.26 Å². The van der Waals surface area contributed by atoms with Gasteiger partial charge in [0.25, 0.3) is 0 Å². The Bertz CT molecular complexity index is 2430. The summed E-state index contributed by atoms with van der Waals surface area (Å²) in [5.41, 5.74) is 5.73. The standard InChI is InChI=1S/C47H43Cl2N3O8/c1-47(2,3)60-46(55)52-25-35-23-42-41(58-27-43(59-42)33-14-16-36(17-15-33)57-26-30-9-18-37(48)38(49)19-30)22-34(35)21-40(52)44(53)51-39(45(54)56-4)20-28-5-10-31(11-6-28)32-12-7-29(24-50)8-13-32/h5-19,22-23,39-40,43H,20-21,25-27H2,1-4H3,(H,51,53)/t39-,40-,43-/m0/s1. The van der Waals surface area contributed by atoms with Crippen LogP contribution in [0.1, 0.15) is 60.3 Å². The lowest BCUT2D eigenvalue weighted by Crippen LogP contribution is -2.56. The van der Waals surface area contributed by atoms with Crippen LogP contribution in [0.4, 0.5) is 4.79 Å². The van der Waals surface area contributed by atoms with Gasteiger partial charge in [0, 0.05) is 12.8 Å². The second kappa shape index (κ2) is 18.0. The van der Waals surface area contributed by atoms with Crippen LogP contribution >= 0.6 is 23.2 Å². The van der Waals surface area contributed by atoms with Gasteiger partial charge in [-0.05, 0) is 108 Å². The van der Waals surface area contributed by atoms with Crippen LogP contribution in [0.25, 0.3) is 11.1 Å². The minimum Gasteiger partial charge on any atom is -0.489 e. The summed E-state index contributed by atoms with van der Waals surface area (Å²) in [6.45, 7) is 5.89. The van der Waals surface area contributed by atoms with Crippen LogP contribution in [0.2, 0.25) is 10.0 Å². The van der Waals surface area contributed by atoms with Crippen molar-refractivity contribution in [3.8, 4) is 34.4 Å². The number of hydrogen-bond donors (Lipinski definition) is 1. The number of nitrogens with one attached hydrogen (secondary N) is 1. The van der Waals surface area contributed by atoms with E-state index < -0.39 is 41.8 Å². The Morgan fingerprint density at radius 2 is 1.53 bits per heavy atom. The normalized spacial score (nSPS) is 16.1. The number of amides is 2. The Hall–Kier alpha value is -6.22. The highest BCUT2D eigenvalue weighted by atomic mass is 35.5. The highest BCUT2D eigenvalue weighted by Crippen LogP contribution is 2.41. The minimum absolute atomic E-state index is 0.0498. The summed E-state index contributed by atoms with van der Waals surface area (Å²) in [5, 5.41) is 12.9. The largest absolute Gasteiger partial charge is 0.489 e. The predicted molar refractivity (Wildman–Crippen MR) is 226 cm³/mol. The molecule has 0 saturated heterocycles. The molecule has 60 heavy (non-hydrogen) atoms. The number of carbonyl (C=O) groups excluding carboxylic acids is 3. The monoisotopic (exact) mass is 847 g/mol. The van der Waals surface area contributed by atoms with Crippen LogP contribution in [0.3, 0.4) is 0 Å². The van der Waals surface area contributed by atoms with Crippen molar-refractivity contribution < 1.29 is 38.1 Å². The molecule has 3 atom stereocenters. The fraction of sp³-hybridized carbons (Fsp3) is 0.277. The number of nitriles is 1. The molecule has 13 heteroatoms. The molecule has 2 heterocycles. The van der Waals surface area contributed by atoms with Crippen molar-refractivity contribution in [3.05, 3.63) is 147 Å². The van der Waals surface area contributed by atoms with E-state index in [4.69, 9.17) is 52.1 Å². The smallest absolute Gasteiger partial charge is 0.411 e.